The number of rotatable bonds is 3. The van der Waals surface area contributed by atoms with E-state index in [0.29, 0.717) is 11.7 Å². The Bertz CT molecular complexity index is 908. The number of amides is 2. The normalized spacial score (nSPS) is 21.2. The van der Waals surface area contributed by atoms with Gasteiger partial charge in [-0.3, -0.25) is 9.59 Å². The Hall–Kier alpha value is -2.28. The van der Waals surface area contributed by atoms with Crippen LogP contribution >= 0.6 is 11.8 Å². The molecule has 0 spiro atoms. The van der Waals surface area contributed by atoms with E-state index in [2.05, 4.69) is 17.6 Å². The number of benzene rings is 1. The molecule has 1 aromatic carbocycles. The minimum absolute atomic E-state index is 0.0783. The van der Waals surface area contributed by atoms with Gasteiger partial charge in [0.25, 0.3) is 0 Å². The van der Waals surface area contributed by atoms with Crippen LogP contribution in [0.2, 0.25) is 0 Å². The third-order valence-electron chi connectivity index (χ3n) is 5.76. The zero-order chi connectivity index (χ0) is 19.7. The zero-order valence-corrected chi connectivity index (χ0v) is 17.1. The Morgan fingerprint density at radius 3 is 2.71 bits per heavy atom. The number of carbonyl (C=O) groups excluding carboxylic acids is 2. The maximum absolute atomic E-state index is 12.7. The number of fused-ring (bicyclic) bond motifs is 1. The maximum Gasteiger partial charge on any atom is 0.314 e. The van der Waals surface area contributed by atoms with Crippen molar-refractivity contribution < 1.29 is 9.59 Å². The van der Waals surface area contributed by atoms with Gasteiger partial charge in [0.2, 0.25) is 0 Å². The van der Waals surface area contributed by atoms with Crippen molar-refractivity contribution in [1.82, 2.24) is 15.1 Å². The number of nitrogens with one attached hydrogen (secondary N) is 2. The number of nitrogens with zero attached hydrogens (tertiary/aromatic N) is 2. The molecule has 1 aliphatic heterocycles. The van der Waals surface area contributed by atoms with E-state index in [0.717, 1.165) is 53.3 Å². The Balaban J connectivity index is 1.56. The smallest absolute Gasteiger partial charge is 0.314 e. The molecule has 2 atom stereocenters. The molecular formula is C21H26N4O2S. The van der Waals surface area contributed by atoms with Gasteiger partial charge in [-0.2, -0.15) is 16.9 Å². The second kappa shape index (κ2) is 7.99. The van der Waals surface area contributed by atoms with Gasteiger partial charge < -0.3 is 10.6 Å². The fourth-order valence-electron chi connectivity index (χ4n) is 4.05. The molecule has 1 aromatic heterocycles. The van der Waals surface area contributed by atoms with Gasteiger partial charge in [0.05, 0.1) is 11.4 Å². The van der Waals surface area contributed by atoms with Crippen molar-refractivity contribution in [1.29, 1.82) is 0 Å². The van der Waals surface area contributed by atoms with E-state index in [9.17, 15) is 9.59 Å². The summed E-state index contributed by atoms with van der Waals surface area (Å²) in [5.41, 5.74) is 3.97. The van der Waals surface area contributed by atoms with Crippen molar-refractivity contribution in [3.63, 3.8) is 0 Å². The molecule has 0 bridgehead atoms. The van der Waals surface area contributed by atoms with Crippen LogP contribution in [-0.4, -0.2) is 27.6 Å². The highest BCUT2D eigenvalue weighted by Crippen LogP contribution is 2.36. The number of hydrogen-bond acceptors (Lipinski definition) is 4. The predicted octanol–water partition coefficient (Wildman–Crippen LogP) is 3.56. The maximum atomic E-state index is 12.7. The first kappa shape index (κ1) is 19.1. The van der Waals surface area contributed by atoms with E-state index >= 15 is 0 Å². The summed E-state index contributed by atoms with van der Waals surface area (Å²) in [5, 5.41) is 10.5. The van der Waals surface area contributed by atoms with Crippen LogP contribution in [-0.2, 0) is 21.1 Å². The van der Waals surface area contributed by atoms with Crippen molar-refractivity contribution in [2.75, 3.05) is 5.32 Å². The lowest BCUT2D eigenvalue weighted by molar-refractivity contribution is -0.137. The summed E-state index contributed by atoms with van der Waals surface area (Å²) in [6.45, 7) is 4.15. The predicted molar refractivity (Wildman–Crippen MR) is 111 cm³/mol. The number of para-hydroxylation sites is 1. The van der Waals surface area contributed by atoms with Crippen molar-refractivity contribution in [3.05, 3.63) is 41.1 Å². The lowest BCUT2D eigenvalue weighted by atomic mass is 9.86. The van der Waals surface area contributed by atoms with Gasteiger partial charge in [-0.25, -0.2) is 4.68 Å². The molecule has 1 saturated carbocycles. The third-order valence-corrected chi connectivity index (χ3v) is 6.73. The lowest BCUT2D eigenvalue weighted by Crippen LogP contribution is -2.46. The van der Waals surface area contributed by atoms with E-state index in [-0.39, 0.29) is 6.04 Å². The Kier molecular flexibility index (Phi) is 5.44. The molecule has 1 aliphatic carbocycles. The van der Waals surface area contributed by atoms with Crippen LogP contribution in [0.3, 0.4) is 0 Å². The van der Waals surface area contributed by atoms with Crippen LogP contribution in [0.25, 0.3) is 5.69 Å². The SMILES string of the molecule is Cc1ccccc1-n1nc2c(c1NC(=O)C(=O)N[C@H]1CCCC[C@@H]1C)CSC2. The molecule has 148 valence electrons. The van der Waals surface area contributed by atoms with Crippen molar-refractivity contribution in [2.24, 2.45) is 5.92 Å². The molecule has 2 heterocycles. The van der Waals surface area contributed by atoms with Crippen LogP contribution in [0.5, 0.6) is 0 Å². The molecule has 2 aromatic rings. The summed E-state index contributed by atoms with van der Waals surface area (Å²) in [7, 11) is 0. The van der Waals surface area contributed by atoms with Crippen molar-refractivity contribution in [3.8, 4) is 5.69 Å². The minimum atomic E-state index is -0.618. The molecule has 28 heavy (non-hydrogen) atoms. The van der Waals surface area contributed by atoms with Crippen LogP contribution in [0.15, 0.2) is 24.3 Å². The summed E-state index contributed by atoms with van der Waals surface area (Å²) in [4.78, 5) is 25.2. The summed E-state index contributed by atoms with van der Waals surface area (Å²) in [6.07, 6.45) is 4.32. The van der Waals surface area contributed by atoms with Crippen LogP contribution in [0.4, 0.5) is 5.82 Å². The number of aromatic nitrogens is 2. The molecule has 0 saturated heterocycles. The Labute approximate surface area is 169 Å². The minimum Gasteiger partial charge on any atom is -0.345 e. The third kappa shape index (κ3) is 3.68. The van der Waals surface area contributed by atoms with Gasteiger partial charge in [-0.1, -0.05) is 38.0 Å². The van der Waals surface area contributed by atoms with Gasteiger partial charge in [0.1, 0.15) is 5.82 Å². The molecular weight excluding hydrogens is 372 g/mol. The van der Waals surface area contributed by atoms with E-state index in [1.54, 1.807) is 16.4 Å². The molecule has 0 radical (unpaired) electrons. The first-order chi connectivity index (χ1) is 13.5. The molecule has 7 heteroatoms. The fourth-order valence-corrected chi connectivity index (χ4v) is 5.08. The van der Waals surface area contributed by atoms with Crippen LogP contribution in [0.1, 0.15) is 49.4 Å². The molecule has 2 N–H and O–H groups in total. The zero-order valence-electron chi connectivity index (χ0n) is 16.3. The Morgan fingerprint density at radius 1 is 1.14 bits per heavy atom. The number of hydrogen-bond donors (Lipinski definition) is 2. The van der Waals surface area contributed by atoms with E-state index in [1.807, 2.05) is 31.2 Å². The van der Waals surface area contributed by atoms with Gasteiger partial charge in [0.15, 0.2) is 0 Å². The summed E-state index contributed by atoms with van der Waals surface area (Å²) >= 11 is 1.77. The largest absolute Gasteiger partial charge is 0.345 e. The van der Waals surface area contributed by atoms with Gasteiger partial charge in [-0.15, -0.1) is 0 Å². The fraction of sp³-hybridized carbons (Fsp3) is 0.476. The standard InChI is InChI=1S/C21H26N4O2S/c1-13-7-3-5-9-16(13)22-20(26)21(27)23-19-15-11-28-12-17(15)24-25(19)18-10-6-4-8-14(18)2/h4,6,8,10,13,16H,3,5,7,9,11-12H2,1-2H3,(H,22,26)(H,23,27)/t13-,16-/m0/s1. The molecule has 4 rings (SSSR count). The highest BCUT2D eigenvalue weighted by molar-refractivity contribution is 7.98. The number of aryl methyl sites for hydroxylation is 1. The van der Waals surface area contributed by atoms with Gasteiger partial charge >= 0.3 is 11.8 Å². The second-order valence-corrected chi connectivity index (χ2v) is 8.75. The highest BCUT2D eigenvalue weighted by Gasteiger charge is 2.29. The molecule has 2 amide bonds. The molecule has 1 fully saturated rings. The number of anilines is 1. The van der Waals surface area contributed by atoms with Crippen molar-refractivity contribution >= 4 is 29.4 Å². The highest BCUT2D eigenvalue weighted by atomic mass is 32.2. The summed E-state index contributed by atoms with van der Waals surface area (Å²) < 4.78 is 1.77. The van der Waals surface area contributed by atoms with Crippen molar-refractivity contribution in [2.45, 2.75) is 57.1 Å². The Morgan fingerprint density at radius 2 is 1.93 bits per heavy atom. The van der Waals surface area contributed by atoms with Gasteiger partial charge in [-0.05, 0) is 37.3 Å². The van der Waals surface area contributed by atoms with Crippen LogP contribution < -0.4 is 10.6 Å². The van der Waals surface area contributed by atoms with E-state index in [4.69, 9.17) is 5.10 Å². The second-order valence-electron chi connectivity index (χ2n) is 7.76. The lowest BCUT2D eigenvalue weighted by Gasteiger charge is -2.29. The number of thioether (sulfide) groups is 1. The molecule has 2 aliphatic rings. The van der Waals surface area contributed by atoms with E-state index in [1.165, 1.54) is 6.42 Å². The average molecular weight is 399 g/mol. The molecule has 0 unspecified atom stereocenters. The van der Waals surface area contributed by atoms with Gasteiger partial charge in [0, 0.05) is 23.1 Å². The summed E-state index contributed by atoms with van der Waals surface area (Å²) in [5.74, 6) is 1.46. The quantitative estimate of drug-likeness (QED) is 0.775. The number of carbonyl (C=O) groups is 2. The van der Waals surface area contributed by atoms with Crippen LogP contribution in [0, 0.1) is 12.8 Å². The summed E-state index contributed by atoms with van der Waals surface area (Å²) in [6, 6.07) is 7.99. The first-order valence-electron chi connectivity index (χ1n) is 9.91. The topological polar surface area (TPSA) is 76.0 Å². The average Bonchev–Trinajstić information content (AvgIpc) is 3.26. The molecule has 6 nitrogen and oxygen atoms in total. The monoisotopic (exact) mass is 398 g/mol. The van der Waals surface area contributed by atoms with E-state index < -0.39 is 11.8 Å². The first-order valence-corrected chi connectivity index (χ1v) is 11.1.